The Morgan fingerprint density at radius 3 is 0.756 bits per heavy atom. The SMILES string of the molecule is CCCCCCCCCCCCCCCCC(=O)OC[C@H](COP(=O)(O)OC[C@@H](O)COP(=O)(O)OC[C@@H](COC(=O)CCCCCCCCCCCC)OC(=O)CCCCCCCCCCCCCC)OC(=O)CCCCCCCCCCCCCC(C)C. The number of phosphoric ester groups is 2. The number of aliphatic hydroxyl groups is 1. The fourth-order valence-electron chi connectivity index (χ4n) is 10.8. The van der Waals surface area contributed by atoms with Gasteiger partial charge in [-0.2, -0.15) is 0 Å². The second-order valence-electron chi connectivity index (χ2n) is 26.1. The Morgan fingerprint density at radius 2 is 0.511 bits per heavy atom. The molecule has 3 N–H and O–H groups in total. The lowest BCUT2D eigenvalue weighted by molar-refractivity contribution is -0.161. The van der Waals surface area contributed by atoms with E-state index in [2.05, 4.69) is 34.6 Å². The number of unbranched alkanes of at least 4 members (excludes halogenated alkanes) is 43. The van der Waals surface area contributed by atoms with Gasteiger partial charge in [0.15, 0.2) is 12.2 Å². The molecule has 0 spiro atoms. The quantitative estimate of drug-likeness (QED) is 0.0222. The minimum absolute atomic E-state index is 0.107. The largest absolute Gasteiger partial charge is 0.472 e. The molecule has 0 heterocycles. The number of aliphatic hydroxyl groups excluding tert-OH is 1. The second-order valence-corrected chi connectivity index (χ2v) is 29.0. The van der Waals surface area contributed by atoms with Gasteiger partial charge >= 0.3 is 39.5 Å². The van der Waals surface area contributed by atoms with Crippen LogP contribution in [0.4, 0.5) is 0 Å². The zero-order chi connectivity index (χ0) is 66.3. The maximum Gasteiger partial charge on any atom is 0.472 e. The van der Waals surface area contributed by atoms with Crippen LogP contribution in [0.3, 0.4) is 0 Å². The summed E-state index contributed by atoms with van der Waals surface area (Å²) in [7, 11) is -9.90. The number of carbonyl (C=O) groups is 4. The summed E-state index contributed by atoms with van der Waals surface area (Å²) in [6, 6.07) is 0. The Bertz CT molecular complexity index is 1740. The first-order chi connectivity index (χ1) is 43.5. The summed E-state index contributed by atoms with van der Waals surface area (Å²) in [6.07, 6.45) is 51.1. The molecular formula is C71H138O17P2. The van der Waals surface area contributed by atoms with Crippen LogP contribution in [-0.4, -0.2) is 96.7 Å². The molecule has 0 rings (SSSR count). The van der Waals surface area contributed by atoms with E-state index in [1.54, 1.807) is 0 Å². The summed E-state index contributed by atoms with van der Waals surface area (Å²) >= 11 is 0. The summed E-state index contributed by atoms with van der Waals surface area (Å²) < 4.78 is 68.3. The lowest BCUT2D eigenvalue weighted by Gasteiger charge is -2.21. The zero-order valence-electron chi connectivity index (χ0n) is 58.3. The first-order valence-electron chi connectivity index (χ1n) is 37.1. The molecule has 0 aliphatic carbocycles. The van der Waals surface area contributed by atoms with Gasteiger partial charge in [-0.25, -0.2) is 9.13 Å². The highest BCUT2D eigenvalue weighted by Gasteiger charge is 2.30. The van der Waals surface area contributed by atoms with Crippen LogP contribution in [0, 0.1) is 5.92 Å². The van der Waals surface area contributed by atoms with Gasteiger partial charge < -0.3 is 33.8 Å². The number of phosphoric acid groups is 2. The van der Waals surface area contributed by atoms with Crippen molar-refractivity contribution in [3.05, 3.63) is 0 Å². The smallest absolute Gasteiger partial charge is 0.462 e. The third-order valence-electron chi connectivity index (χ3n) is 16.5. The summed E-state index contributed by atoms with van der Waals surface area (Å²) in [5.74, 6) is -1.35. The van der Waals surface area contributed by atoms with Crippen molar-refractivity contribution >= 4 is 39.5 Å². The maximum atomic E-state index is 13.0. The van der Waals surface area contributed by atoms with Gasteiger partial charge in [-0.05, 0) is 31.6 Å². The Morgan fingerprint density at radius 1 is 0.300 bits per heavy atom. The molecule has 0 saturated heterocycles. The van der Waals surface area contributed by atoms with E-state index < -0.39 is 97.5 Å². The van der Waals surface area contributed by atoms with Crippen LogP contribution >= 0.6 is 15.6 Å². The van der Waals surface area contributed by atoms with Crippen molar-refractivity contribution in [2.45, 2.75) is 387 Å². The molecule has 17 nitrogen and oxygen atoms in total. The topological polar surface area (TPSA) is 237 Å². The first-order valence-corrected chi connectivity index (χ1v) is 40.1. The van der Waals surface area contributed by atoms with Gasteiger partial charge in [0.1, 0.15) is 19.3 Å². The van der Waals surface area contributed by atoms with Crippen molar-refractivity contribution < 1.29 is 80.2 Å². The molecule has 0 bridgehead atoms. The molecule has 0 aliphatic rings. The highest BCUT2D eigenvalue weighted by Crippen LogP contribution is 2.45. The van der Waals surface area contributed by atoms with E-state index in [0.717, 1.165) is 95.8 Å². The van der Waals surface area contributed by atoms with Gasteiger partial charge in [0, 0.05) is 25.7 Å². The van der Waals surface area contributed by atoms with Crippen LogP contribution in [0.25, 0.3) is 0 Å². The average Bonchev–Trinajstić information content (AvgIpc) is 3.66. The molecule has 5 atom stereocenters. The monoisotopic (exact) mass is 1320 g/mol. The fourth-order valence-corrected chi connectivity index (χ4v) is 12.4. The second kappa shape index (κ2) is 64.4. The molecule has 90 heavy (non-hydrogen) atoms. The number of ether oxygens (including phenoxy) is 4. The summed E-state index contributed by atoms with van der Waals surface area (Å²) in [5.41, 5.74) is 0. The third-order valence-corrected chi connectivity index (χ3v) is 18.4. The highest BCUT2D eigenvalue weighted by molar-refractivity contribution is 7.47. The van der Waals surface area contributed by atoms with Gasteiger partial charge in [-0.1, -0.05) is 317 Å². The van der Waals surface area contributed by atoms with Crippen LogP contribution in [0.1, 0.15) is 369 Å². The van der Waals surface area contributed by atoms with E-state index in [1.165, 1.54) is 193 Å². The molecule has 534 valence electrons. The van der Waals surface area contributed by atoms with Crippen LogP contribution in [-0.2, 0) is 65.4 Å². The van der Waals surface area contributed by atoms with Gasteiger partial charge in [-0.15, -0.1) is 0 Å². The number of hydrogen-bond acceptors (Lipinski definition) is 15. The van der Waals surface area contributed by atoms with Crippen molar-refractivity contribution in [3.63, 3.8) is 0 Å². The molecule has 0 amide bonds. The molecule has 2 unspecified atom stereocenters. The van der Waals surface area contributed by atoms with Crippen molar-refractivity contribution in [2.75, 3.05) is 39.6 Å². The normalized spacial score (nSPS) is 14.1. The van der Waals surface area contributed by atoms with E-state index >= 15 is 0 Å². The standard InChI is InChI=1S/C71H138O17P2/c1-6-9-12-15-18-21-24-26-27-31-35-40-45-50-55-69(74)82-61-67(88-71(76)57-52-47-42-37-32-28-29-33-38-43-48-53-64(4)5)63-86-90(79,80)84-59-65(72)58-83-89(77,78)85-62-66(60-81-68(73)54-49-44-39-34-23-20-17-14-11-8-3)87-70(75)56-51-46-41-36-30-25-22-19-16-13-10-7-2/h64-67,72H,6-63H2,1-5H3,(H,77,78)(H,79,80)/t65-,66+,67+/m0/s1. The van der Waals surface area contributed by atoms with E-state index in [0.29, 0.717) is 25.7 Å². The Kier molecular flexibility index (Phi) is 63.0. The first kappa shape index (κ1) is 88.1. The van der Waals surface area contributed by atoms with Gasteiger partial charge in [-0.3, -0.25) is 37.3 Å². The van der Waals surface area contributed by atoms with Crippen molar-refractivity contribution in [1.82, 2.24) is 0 Å². The van der Waals surface area contributed by atoms with E-state index in [1.807, 2.05) is 0 Å². The highest BCUT2D eigenvalue weighted by atomic mass is 31.2. The molecular weight excluding hydrogens is 1190 g/mol. The van der Waals surface area contributed by atoms with Crippen LogP contribution < -0.4 is 0 Å². The Labute approximate surface area is 549 Å². The van der Waals surface area contributed by atoms with Gasteiger partial charge in [0.25, 0.3) is 0 Å². The zero-order valence-corrected chi connectivity index (χ0v) is 60.1. The predicted molar refractivity (Wildman–Crippen MR) is 363 cm³/mol. The minimum atomic E-state index is -4.95. The van der Waals surface area contributed by atoms with Crippen LogP contribution in [0.5, 0.6) is 0 Å². The molecule has 0 aromatic carbocycles. The minimum Gasteiger partial charge on any atom is -0.462 e. The van der Waals surface area contributed by atoms with Crippen molar-refractivity contribution in [1.29, 1.82) is 0 Å². The predicted octanol–water partition coefficient (Wildman–Crippen LogP) is 20.5. The number of carbonyl (C=O) groups excluding carboxylic acids is 4. The molecule has 0 saturated carbocycles. The number of hydrogen-bond donors (Lipinski definition) is 3. The van der Waals surface area contributed by atoms with E-state index in [-0.39, 0.29) is 25.7 Å². The summed E-state index contributed by atoms with van der Waals surface area (Å²) in [4.78, 5) is 72.6. The molecule has 0 aromatic rings. The van der Waals surface area contributed by atoms with Crippen molar-refractivity contribution in [3.8, 4) is 0 Å². The lowest BCUT2D eigenvalue weighted by Crippen LogP contribution is -2.30. The maximum absolute atomic E-state index is 13.0. The van der Waals surface area contributed by atoms with E-state index in [4.69, 9.17) is 37.0 Å². The average molecular weight is 1330 g/mol. The Balaban J connectivity index is 5.25. The van der Waals surface area contributed by atoms with Crippen molar-refractivity contribution in [2.24, 2.45) is 5.92 Å². The third kappa shape index (κ3) is 64.8. The molecule has 19 heteroatoms. The molecule has 0 fully saturated rings. The lowest BCUT2D eigenvalue weighted by atomic mass is 10.0. The molecule has 0 aromatic heterocycles. The molecule has 0 aliphatic heterocycles. The fraction of sp³-hybridized carbons (Fsp3) is 0.944. The van der Waals surface area contributed by atoms with Gasteiger partial charge in [0.2, 0.25) is 0 Å². The van der Waals surface area contributed by atoms with Gasteiger partial charge in [0.05, 0.1) is 26.4 Å². The Hall–Kier alpha value is -1.94. The van der Waals surface area contributed by atoms with Crippen LogP contribution in [0.15, 0.2) is 0 Å². The summed E-state index contributed by atoms with van der Waals surface area (Å²) in [6.45, 7) is 7.25. The number of rotatable bonds is 71. The van der Waals surface area contributed by atoms with Crippen LogP contribution in [0.2, 0.25) is 0 Å². The number of esters is 4. The molecule has 0 radical (unpaired) electrons. The summed E-state index contributed by atoms with van der Waals surface area (Å²) in [5, 5.41) is 10.6. The van der Waals surface area contributed by atoms with E-state index in [9.17, 15) is 43.2 Å².